The summed E-state index contributed by atoms with van der Waals surface area (Å²) in [6.45, 7) is 4.64. The van der Waals surface area contributed by atoms with Gasteiger partial charge >= 0.3 is 12.1 Å². The number of carboxylic acids is 1. The van der Waals surface area contributed by atoms with Crippen molar-refractivity contribution >= 4 is 16.0 Å². The smallest absolute Gasteiger partial charge is 0.416 e. The molecule has 6 nitrogen and oxygen atoms in total. The molecule has 0 amide bonds. The van der Waals surface area contributed by atoms with E-state index in [9.17, 15) is 31.5 Å². The van der Waals surface area contributed by atoms with E-state index in [1.807, 2.05) is 13.8 Å². The number of nitrogens with zero attached hydrogens (tertiary/aromatic N) is 1. The van der Waals surface area contributed by atoms with Crippen molar-refractivity contribution in [3.05, 3.63) is 82.9 Å². The molecule has 0 fully saturated rings. The number of carboxylic acid groups (broad SMARTS) is 1. The lowest BCUT2D eigenvalue weighted by molar-refractivity contribution is -0.138. The predicted molar refractivity (Wildman–Crippen MR) is 136 cm³/mol. The average Bonchev–Trinajstić information content (AvgIpc) is 2.82. The van der Waals surface area contributed by atoms with Crippen molar-refractivity contribution in [3.8, 4) is 16.9 Å². The van der Waals surface area contributed by atoms with Gasteiger partial charge in [0, 0.05) is 6.54 Å². The number of alkyl halides is 3. The van der Waals surface area contributed by atoms with Crippen LogP contribution in [0.4, 0.5) is 13.2 Å². The van der Waals surface area contributed by atoms with Crippen LogP contribution in [0.25, 0.3) is 11.1 Å². The van der Waals surface area contributed by atoms with Crippen LogP contribution in [0.1, 0.15) is 42.5 Å². The standard InChI is InChI=1S/C28H28F3NO5S/c1-18-13-19(7-9-24(18)20-5-4-6-22(14-20)28(29,30)31)16-32(17-26(33)34)38(35,36)23-8-10-25-21(15-23)11-12-27(2,3)37-25/h4-10,13-15H,11-12,16-17H2,1-3H3,(H,33,34). The molecule has 1 aliphatic rings. The Morgan fingerprint density at radius 3 is 2.47 bits per heavy atom. The van der Waals surface area contributed by atoms with Crippen molar-refractivity contribution in [1.82, 2.24) is 4.31 Å². The zero-order valence-corrected chi connectivity index (χ0v) is 22.0. The van der Waals surface area contributed by atoms with E-state index in [1.165, 1.54) is 18.2 Å². The molecule has 0 bridgehead atoms. The molecule has 3 aromatic carbocycles. The van der Waals surface area contributed by atoms with Crippen molar-refractivity contribution in [2.75, 3.05) is 6.54 Å². The molecule has 0 saturated heterocycles. The molecule has 0 radical (unpaired) electrons. The van der Waals surface area contributed by atoms with Crippen molar-refractivity contribution < 1.29 is 36.2 Å². The predicted octanol–water partition coefficient (Wildman–Crippen LogP) is 6.06. The third-order valence-electron chi connectivity index (χ3n) is 6.51. The molecular weight excluding hydrogens is 519 g/mol. The van der Waals surface area contributed by atoms with Gasteiger partial charge in [-0.25, -0.2) is 8.42 Å². The van der Waals surface area contributed by atoms with E-state index >= 15 is 0 Å². The topological polar surface area (TPSA) is 83.9 Å². The second kappa shape index (κ2) is 10.1. The van der Waals surface area contributed by atoms with Crippen LogP contribution in [-0.4, -0.2) is 35.9 Å². The maximum absolute atomic E-state index is 13.5. The molecule has 1 aliphatic heterocycles. The molecule has 0 atom stereocenters. The van der Waals surface area contributed by atoms with Crippen molar-refractivity contribution in [2.45, 2.75) is 56.8 Å². The number of carbonyl (C=O) groups is 1. The van der Waals surface area contributed by atoms with Gasteiger partial charge < -0.3 is 9.84 Å². The summed E-state index contributed by atoms with van der Waals surface area (Å²) >= 11 is 0. The summed E-state index contributed by atoms with van der Waals surface area (Å²) in [7, 11) is -4.18. The summed E-state index contributed by atoms with van der Waals surface area (Å²) < 4.78 is 73.3. The van der Waals surface area contributed by atoms with Crippen molar-refractivity contribution in [1.29, 1.82) is 0 Å². The van der Waals surface area contributed by atoms with Crippen molar-refractivity contribution in [2.24, 2.45) is 0 Å². The summed E-state index contributed by atoms with van der Waals surface area (Å²) in [5.74, 6) is -0.709. The first-order valence-electron chi connectivity index (χ1n) is 12.0. The molecule has 0 unspecified atom stereocenters. The van der Waals surface area contributed by atoms with Crippen LogP contribution in [0.2, 0.25) is 0 Å². The monoisotopic (exact) mass is 547 g/mol. The van der Waals surface area contributed by atoms with Crippen LogP contribution >= 0.6 is 0 Å². The van der Waals surface area contributed by atoms with Gasteiger partial charge in [0.25, 0.3) is 0 Å². The zero-order valence-electron chi connectivity index (χ0n) is 21.2. The molecule has 0 aromatic heterocycles. The molecule has 1 N–H and O–H groups in total. The Balaban J connectivity index is 1.63. The Morgan fingerprint density at radius 2 is 1.82 bits per heavy atom. The fraction of sp³-hybridized carbons (Fsp3) is 0.321. The highest BCUT2D eigenvalue weighted by atomic mass is 32.2. The molecular formula is C28H28F3NO5S. The Labute approximate surface area is 219 Å². The molecule has 38 heavy (non-hydrogen) atoms. The second-order valence-electron chi connectivity index (χ2n) is 10.0. The lowest BCUT2D eigenvalue weighted by Gasteiger charge is -2.33. The average molecular weight is 548 g/mol. The summed E-state index contributed by atoms with van der Waals surface area (Å²) in [6, 6.07) is 14.3. The number of sulfonamides is 1. The molecule has 4 rings (SSSR count). The maximum Gasteiger partial charge on any atom is 0.416 e. The first-order chi connectivity index (χ1) is 17.7. The molecule has 0 saturated carbocycles. The highest BCUT2D eigenvalue weighted by Gasteiger charge is 2.32. The number of fused-ring (bicyclic) bond motifs is 1. The number of aliphatic carboxylic acids is 1. The fourth-order valence-electron chi connectivity index (χ4n) is 4.54. The normalized spacial score (nSPS) is 15.1. The van der Waals surface area contributed by atoms with Crippen LogP contribution in [0.3, 0.4) is 0 Å². The Morgan fingerprint density at radius 1 is 1.08 bits per heavy atom. The van der Waals surface area contributed by atoms with Crippen LogP contribution in [0.15, 0.2) is 65.6 Å². The molecule has 202 valence electrons. The highest BCUT2D eigenvalue weighted by Crippen LogP contribution is 2.36. The number of ether oxygens (including phenoxy) is 1. The van der Waals surface area contributed by atoms with E-state index in [0.717, 1.165) is 22.0 Å². The minimum Gasteiger partial charge on any atom is -0.488 e. The lowest BCUT2D eigenvalue weighted by Crippen LogP contribution is -2.36. The van der Waals surface area contributed by atoms with E-state index < -0.39 is 34.3 Å². The molecule has 3 aromatic rings. The number of benzene rings is 3. The summed E-state index contributed by atoms with van der Waals surface area (Å²) in [6.07, 6.45) is -3.14. The van der Waals surface area contributed by atoms with Crippen LogP contribution < -0.4 is 4.74 Å². The van der Waals surface area contributed by atoms with E-state index in [1.54, 1.807) is 37.3 Å². The minimum absolute atomic E-state index is 0.0295. The van der Waals surface area contributed by atoms with E-state index in [2.05, 4.69) is 0 Å². The minimum atomic E-state index is -4.48. The number of halogens is 3. The number of rotatable bonds is 7. The van der Waals surface area contributed by atoms with E-state index in [-0.39, 0.29) is 17.0 Å². The zero-order chi connectivity index (χ0) is 27.9. The Kier molecular flexibility index (Phi) is 7.33. The van der Waals surface area contributed by atoms with Crippen LogP contribution in [-0.2, 0) is 34.0 Å². The van der Waals surface area contributed by atoms with E-state index in [4.69, 9.17) is 4.74 Å². The largest absolute Gasteiger partial charge is 0.488 e. The summed E-state index contributed by atoms with van der Waals surface area (Å²) in [5.41, 5.74) is 1.68. The van der Waals surface area contributed by atoms with Crippen molar-refractivity contribution in [3.63, 3.8) is 0 Å². The van der Waals surface area contributed by atoms with Gasteiger partial charge in [-0.2, -0.15) is 17.5 Å². The Bertz CT molecular complexity index is 1480. The quantitative estimate of drug-likeness (QED) is 0.389. The molecule has 10 heteroatoms. The van der Waals surface area contributed by atoms with Gasteiger partial charge in [0.2, 0.25) is 10.0 Å². The molecule has 1 heterocycles. The summed E-state index contributed by atoms with van der Waals surface area (Å²) in [5, 5.41) is 9.44. The summed E-state index contributed by atoms with van der Waals surface area (Å²) in [4.78, 5) is 11.6. The SMILES string of the molecule is Cc1cc(CN(CC(=O)O)S(=O)(=O)c2ccc3c(c2)CCC(C)(C)O3)ccc1-c1cccc(C(F)(F)F)c1. The third kappa shape index (κ3) is 6.02. The Hall–Kier alpha value is -3.37. The third-order valence-corrected chi connectivity index (χ3v) is 8.30. The first-order valence-corrected chi connectivity index (χ1v) is 13.4. The van der Waals surface area contributed by atoms with Gasteiger partial charge in [0.1, 0.15) is 17.9 Å². The van der Waals surface area contributed by atoms with Gasteiger partial charge in [-0.3, -0.25) is 4.79 Å². The highest BCUT2D eigenvalue weighted by molar-refractivity contribution is 7.89. The lowest BCUT2D eigenvalue weighted by atomic mass is 9.94. The van der Waals surface area contributed by atoms with Gasteiger partial charge in [0.05, 0.1) is 10.5 Å². The van der Waals surface area contributed by atoms with Gasteiger partial charge in [-0.15, -0.1) is 0 Å². The molecule has 0 spiro atoms. The van der Waals surface area contributed by atoms with Gasteiger partial charge in [0.15, 0.2) is 0 Å². The van der Waals surface area contributed by atoms with Crippen LogP contribution in [0.5, 0.6) is 5.75 Å². The van der Waals surface area contributed by atoms with Crippen LogP contribution in [0, 0.1) is 6.92 Å². The fourth-order valence-corrected chi connectivity index (χ4v) is 5.96. The van der Waals surface area contributed by atoms with E-state index in [0.29, 0.717) is 40.8 Å². The second-order valence-corrected chi connectivity index (χ2v) is 12.0. The van der Waals surface area contributed by atoms with Gasteiger partial charge in [-0.05, 0) is 91.8 Å². The van der Waals surface area contributed by atoms with Gasteiger partial charge in [-0.1, -0.05) is 30.3 Å². The number of hydrogen-bond acceptors (Lipinski definition) is 4. The number of aryl methyl sites for hydroxylation is 2. The molecule has 0 aliphatic carbocycles. The maximum atomic E-state index is 13.5. The number of hydrogen-bond donors (Lipinski definition) is 1. The first kappa shape index (κ1) is 27.7.